The average molecular weight is 565 g/mol. The van der Waals surface area contributed by atoms with Crippen molar-refractivity contribution in [3.05, 3.63) is 125 Å². The largest absolute Gasteiger partial charge is 0.618 e. The summed E-state index contributed by atoms with van der Waals surface area (Å²) in [6.45, 7) is -0.0469. The van der Waals surface area contributed by atoms with Crippen molar-refractivity contribution in [1.82, 2.24) is 0 Å². The predicted molar refractivity (Wildman–Crippen MR) is 148 cm³/mol. The van der Waals surface area contributed by atoms with Crippen LogP contribution in [0.3, 0.4) is 0 Å². The number of thioether (sulfide) groups is 1. The minimum absolute atomic E-state index is 0.0469. The number of aliphatic hydroxyl groups excluding tert-OH is 1. The Kier molecular flexibility index (Phi) is 8.49. The average Bonchev–Trinajstić information content (AvgIpc) is 2.97. The van der Waals surface area contributed by atoms with Crippen LogP contribution in [0.5, 0.6) is 0 Å². The van der Waals surface area contributed by atoms with Crippen LogP contribution in [0.2, 0.25) is 0 Å². The molecule has 1 fully saturated rings. The molecule has 5 rings (SSSR count). The predicted octanol–water partition coefficient (Wildman–Crippen LogP) is 4.95. The molecule has 1 saturated heterocycles. The molecule has 1 aromatic heterocycles. The second-order valence-electron chi connectivity index (χ2n) is 9.07. The first-order valence-corrected chi connectivity index (χ1v) is 14.9. The van der Waals surface area contributed by atoms with E-state index in [1.54, 1.807) is 48.5 Å². The summed E-state index contributed by atoms with van der Waals surface area (Å²) in [7, 11) is -3.76. The molecule has 4 aromatic rings. The van der Waals surface area contributed by atoms with Crippen molar-refractivity contribution in [3.63, 3.8) is 0 Å². The molecule has 2 N–H and O–H groups in total. The van der Waals surface area contributed by atoms with Gasteiger partial charge in [0, 0.05) is 35.6 Å². The first-order valence-electron chi connectivity index (χ1n) is 12.4. The Morgan fingerprint density at radius 3 is 2.44 bits per heavy atom. The van der Waals surface area contributed by atoms with E-state index in [0.717, 1.165) is 15.9 Å². The summed E-state index contributed by atoms with van der Waals surface area (Å²) in [6.07, 6.45) is 0.712. The third-order valence-corrected chi connectivity index (χ3v) is 8.83. The lowest BCUT2D eigenvalue weighted by Gasteiger charge is -2.36. The van der Waals surface area contributed by atoms with Crippen molar-refractivity contribution in [1.29, 1.82) is 0 Å². The van der Waals surface area contributed by atoms with Gasteiger partial charge in [-0.25, -0.2) is 8.42 Å². The number of rotatable bonds is 9. The normalized spacial score (nSPS) is 19.5. The number of pyridine rings is 1. The summed E-state index contributed by atoms with van der Waals surface area (Å²) in [5, 5.41) is 22.1. The highest BCUT2D eigenvalue weighted by Crippen LogP contribution is 2.39. The van der Waals surface area contributed by atoms with Gasteiger partial charge in [0.2, 0.25) is 0 Å². The number of hydrogen-bond donors (Lipinski definition) is 2. The monoisotopic (exact) mass is 564 g/mol. The first kappa shape index (κ1) is 27.2. The number of benzene rings is 3. The third-order valence-electron chi connectivity index (χ3n) is 6.29. The van der Waals surface area contributed by atoms with E-state index >= 15 is 0 Å². The van der Waals surface area contributed by atoms with Gasteiger partial charge in [0.1, 0.15) is 0 Å². The van der Waals surface area contributed by atoms with Gasteiger partial charge in [-0.05, 0) is 41.5 Å². The zero-order chi connectivity index (χ0) is 27.2. The van der Waals surface area contributed by atoms with E-state index in [0.29, 0.717) is 28.5 Å². The van der Waals surface area contributed by atoms with Crippen molar-refractivity contribution in [2.75, 3.05) is 10.5 Å². The molecule has 0 spiro atoms. The van der Waals surface area contributed by atoms with Gasteiger partial charge in [-0.1, -0.05) is 66.4 Å². The Hall–Kier alpha value is -3.41. The van der Waals surface area contributed by atoms with Crippen LogP contribution in [0.4, 0.5) is 5.69 Å². The number of anilines is 1. The van der Waals surface area contributed by atoms with Gasteiger partial charge in [0.25, 0.3) is 15.0 Å². The minimum atomic E-state index is -3.76. The highest BCUT2D eigenvalue weighted by molar-refractivity contribution is 7.99. The lowest BCUT2D eigenvalue weighted by molar-refractivity contribution is -0.645. The molecule has 39 heavy (non-hydrogen) atoms. The molecule has 1 aliphatic heterocycles. The maximum Gasteiger partial charge on any atom is 0.261 e. The lowest BCUT2D eigenvalue weighted by Crippen LogP contribution is -2.32. The molecule has 10 heteroatoms. The SMILES string of the molecule is O=S(=O)(Nc1cccc([C@@H]2O[C@H](CSc3cccc[n+]3[O-])C[C@H](c3ccc(CO)cc3)O2)c1)c1ccccc1. The Bertz CT molecular complexity index is 1500. The van der Waals surface area contributed by atoms with E-state index in [2.05, 4.69) is 4.72 Å². The Morgan fingerprint density at radius 2 is 1.69 bits per heavy atom. The van der Waals surface area contributed by atoms with Gasteiger partial charge in [-0.3, -0.25) is 4.72 Å². The number of aromatic nitrogens is 1. The smallest absolute Gasteiger partial charge is 0.261 e. The Morgan fingerprint density at radius 1 is 0.923 bits per heavy atom. The zero-order valence-electron chi connectivity index (χ0n) is 20.9. The van der Waals surface area contributed by atoms with E-state index in [-0.39, 0.29) is 23.7 Å². The fourth-order valence-corrected chi connectivity index (χ4v) is 6.29. The van der Waals surface area contributed by atoms with Crippen LogP contribution in [0.15, 0.2) is 113 Å². The first-order chi connectivity index (χ1) is 18.9. The van der Waals surface area contributed by atoms with Gasteiger partial charge in [-0.2, -0.15) is 4.73 Å². The van der Waals surface area contributed by atoms with E-state index < -0.39 is 16.3 Å². The van der Waals surface area contributed by atoms with Crippen LogP contribution >= 0.6 is 11.8 Å². The maximum absolute atomic E-state index is 12.9. The third kappa shape index (κ3) is 6.78. The van der Waals surface area contributed by atoms with Crippen LogP contribution < -0.4 is 9.45 Å². The fourth-order valence-electron chi connectivity index (χ4n) is 4.29. The molecule has 3 atom stereocenters. The van der Waals surface area contributed by atoms with E-state index in [1.165, 1.54) is 30.1 Å². The zero-order valence-corrected chi connectivity index (χ0v) is 22.6. The Balaban J connectivity index is 1.38. The second kappa shape index (κ2) is 12.2. The molecule has 202 valence electrons. The van der Waals surface area contributed by atoms with Crippen LogP contribution in [0.25, 0.3) is 0 Å². The summed E-state index contributed by atoms with van der Waals surface area (Å²) in [5.74, 6) is 0.525. The number of sulfonamides is 1. The topological polar surface area (TPSA) is 112 Å². The van der Waals surface area contributed by atoms with E-state index in [9.17, 15) is 18.7 Å². The number of hydrogen-bond acceptors (Lipinski definition) is 7. The number of ether oxygens (including phenoxy) is 2. The quantitative estimate of drug-likeness (QED) is 0.168. The molecule has 0 bridgehead atoms. The Labute approximate surface area is 231 Å². The summed E-state index contributed by atoms with van der Waals surface area (Å²) in [5.41, 5.74) is 2.79. The molecule has 2 heterocycles. The van der Waals surface area contributed by atoms with Crippen molar-refractivity contribution >= 4 is 27.5 Å². The van der Waals surface area contributed by atoms with Crippen molar-refractivity contribution < 1.29 is 27.7 Å². The minimum Gasteiger partial charge on any atom is -0.618 e. The molecule has 0 radical (unpaired) electrons. The standard InChI is InChI=1S/C29H28N2O6S2/c32-19-21-12-14-22(15-13-21)27-18-25(20-38-28-11-4-5-16-31(28)33)36-29(37-27)23-7-6-8-24(17-23)30-39(34,35)26-9-2-1-3-10-26/h1-17,25,27,29-30,32H,18-20H2/t25-,27+,29+/m0/s1. The fraction of sp³-hybridized carbons (Fsp3) is 0.207. The van der Waals surface area contributed by atoms with Gasteiger partial charge in [0.15, 0.2) is 12.5 Å². The molecular weight excluding hydrogens is 536 g/mol. The van der Waals surface area contributed by atoms with Crippen LogP contribution in [-0.2, 0) is 26.1 Å². The van der Waals surface area contributed by atoms with E-state index in [4.69, 9.17) is 9.47 Å². The van der Waals surface area contributed by atoms with Gasteiger partial charge < -0.3 is 19.8 Å². The van der Waals surface area contributed by atoms with Crippen molar-refractivity contribution in [3.8, 4) is 0 Å². The molecule has 8 nitrogen and oxygen atoms in total. The molecule has 1 aliphatic rings. The molecule has 0 amide bonds. The second-order valence-corrected chi connectivity index (χ2v) is 11.8. The summed E-state index contributed by atoms with van der Waals surface area (Å²) in [4.78, 5) is 0.167. The maximum atomic E-state index is 12.9. The van der Waals surface area contributed by atoms with Crippen molar-refractivity contribution in [2.45, 2.75) is 41.4 Å². The number of nitrogens with zero attached hydrogens (tertiary/aromatic N) is 1. The van der Waals surface area contributed by atoms with Crippen molar-refractivity contribution in [2.24, 2.45) is 0 Å². The molecule has 0 saturated carbocycles. The summed E-state index contributed by atoms with van der Waals surface area (Å²) in [6, 6.07) is 28.0. The highest BCUT2D eigenvalue weighted by Gasteiger charge is 2.33. The van der Waals surface area contributed by atoms with Crippen LogP contribution in [0, 0.1) is 5.21 Å². The summed E-state index contributed by atoms with van der Waals surface area (Å²) >= 11 is 1.41. The molecule has 0 aliphatic carbocycles. The van der Waals surface area contributed by atoms with Gasteiger partial charge in [0.05, 0.1) is 23.7 Å². The van der Waals surface area contributed by atoms with Crippen LogP contribution in [-0.4, -0.2) is 25.4 Å². The highest BCUT2D eigenvalue weighted by atomic mass is 32.2. The van der Waals surface area contributed by atoms with Gasteiger partial charge >= 0.3 is 0 Å². The molecule has 0 unspecified atom stereocenters. The number of nitrogens with one attached hydrogen (secondary N) is 1. The lowest BCUT2D eigenvalue weighted by atomic mass is 10.0. The molecule has 3 aromatic carbocycles. The molecular formula is C29H28N2O6S2. The van der Waals surface area contributed by atoms with Crippen LogP contribution in [0.1, 0.15) is 35.5 Å². The summed E-state index contributed by atoms with van der Waals surface area (Å²) < 4.78 is 41.9. The van der Waals surface area contributed by atoms with E-state index in [1.807, 2.05) is 36.4 Å². The van der Waals surface area contributed by atoms with Gasteiger partial charge in [-0.15, -0.1) is 0 Å². The number of aliphatic hydroxyl groups is 1.